The van der Waals surface area contributed by atoms with Gasteiger partial charge in [0, 0.05) is 12.1 Å². The number of rotatable bonds is 4. The van der Waals surface area contributed by atoms with E-state index in [9.17, 15) is 14.9 Å². The summed E-state index contributed by atoms with van der Waals surface area (Å²) in [5, 5.41) is 19.7. The first-order chi connectivity index (χ1) is 7.74. The SMILES string of the molecule is CC(C)(Cc1ccc([N+](=O)[O-])cc1Cl)C(=O)O. The van der Waals surface area contributed by atoms with E-state index in [0.717, 1.165) is 0 Å². The summed E-state index contributed by atoms with van der Waals surface area (Å²) in [4.78, 5) is 20.9. The van der Waals surface area contributed by atoms with E-state index in [2.05, 4.69) is 0 Å². The first-order valence-corrected chi connectivity index (χ1v) is 5.28. The minimum Gasteiger partial charge on any atom is -0.481 e. The Bertz CT molecular complexity index is 471. The molecule has 0 aromatic heterocycles. The smallest absolute Gasteiger partial charge is 0.309 e. The van der Waals surface area contributed by atoms with Gasteiger partial charge in [-0.25, -0.2) is 0 Å². The van der Waals surface area contributed by atoms with Crippen molar-refractivity contribution in [3.8, 4) is 0 Å². The molecule has 92 valence electrons. The van der Waals surface area contributed by atoms with Gasteiger partial charge in [-0.15, -0.1) is 0 Å². The van der Waals surface area contributed by atoms with Crippen LogP contribution in [0.2, 0.25) is 5.02 Å². The number of halogens is 1. The molecular weight excluding hydrogens is 246 g/mol. The van der Waals surface area contributed by atoms with Gasteiger partial charge in [0.05, 0.1) is 15.4 Å². The molecule has 6 heteroatoms. The molecule has 0 aliphatic heterocycles. The second kappa shape index (κ2) is 4.71. The van der Waals surface area contributed by atoms with Crippen LogP contribution in [-0.2, 0) is 11.2 Å². The molecule has 0 spiro atoms. The van der Waals surface area contributed by atoms with Gasteiger partial charge >= 0.3 is 5.97 Å². The summed E-state index contributed by atoms with van der Waals surface area (Å²) in [5.41, 5.74) is -0.476. The summed E-state index contributed by atoms with van der Waals surface area (Å²) in [6.45, 7) is 3.15. The summed E-state index contributed by atoms with van der Waals surface area (Å²) in [6.07, 6.45) is 0.221. The van der Waals surface area contributed by atoms with Crippen molar-refractivity contribution in [2.75, 3.05) is 0 Å². The molecule has 1 aromatic rings. The number of hydrogen-bond donors (Lipinski definition) is 1. The number of nitrogens with zero attached hydrogens (tertiary/aromatic N) is 1. The van der Waals surface area contributed by atoms with Crippen molar-refractivity contribution in [2.45, 2.75) is 20.3 Å². The molecule has 17 heavy (non-hydrogen) atoms. The lowest BCUT2D eigenvalue weighted by molar-refractivity contribution is -0.384. The molecule has 0 heterocycles. The molecule has 0 aliphatic carbocycles. The number of nitro groups is 1. The molecule has 0 aliphatic rings. The monoisotopic (exact) mass is 257 g/mol. The minimum atomic E-state index is -0.959. The van der Waals surface area contributed by atoms with Crippen LogP contribution in [0.15, 0.2) is 18.2 Å². The maximum Gasteiger partial charge on any atom is 0.309 e. The van der Waals surface area contributed by atoms with Gasteiger partial charge in [0.1, 0.15) is 0 Å². The lowest BCUT2D eigenvalue weighted by Crippen LogP contribution is -2.26. The molecule has 0 atom stereocenters. The molecule has 1 N–H and O–H groups in total. The third-order valence-corrected chi connectivity index (χ3v) is 2.81. The third kappa shape index (κ3) is 3.17. The topological polar surface area (TPSA) is 80.4 Å². The van der Waals surface area contributed by atoms with Crippen molar-refractivity contribution in [1.29, 1.82) is 0 Å². The average molecular weight is 258 g/mol. The number of nitro benzene ring substituents is 1. The van der Waals surface area contributed by atoms with Crippen LogP contribution in [0.3, 0.4) is 0 Å². The van der Waals surface area contributed by atoms with Crippen molar-refractivity contribution < 1.29 is 14.8 Å². The van der Waals surface area contributed by atoms with Gasteiger partial charge in [-0.1, -0.05) is 17.7 Å². The average Bonchev–Trinajstić information content (AvgIpc) is 2.20. The van der Waals surface area contributed by atoms with Crippen LogP contribution >= 0.6 is 11.6 Å². The molecule has 1 rings (SSSR count). The van der Waals surface area contributed by atoms with Crippen LogP contribution in [-0.4, -0.2) is 16.0 Å². The Labute approximate surface area is 103 Å². The van der Waals surface area contributed by atoms with Crippen LogP contribution in [0, 0.1) is 15.5 Å². The molecule has 0 fully saturated rings. The van der Waals surface area contributed by atoms with E-state index < -0.39 is 16.3 Å². The fourth-order valence-electron chi connectivity index (χ4n) is 1.34. The highest BCUT2D eigenvalue weighted by Crippen LogP contribution is 2.29. The molecule has 0 amide bonds. The largest absolute Gasteiger partial charge is 0.481 e. The van der Waals surface area contributed by atoms with E-state index in [1.807, 2.05) is 0 Å². The number of non-ortho nitro benzene ring substituents is 1. The number of hydrogen-bond acceptors (Lipinski definition) is 3. The van der Waals surface area contributed by atoms with Crippen LogP contribution in [0.5, 0.6) is 0 Å². The van der Waals surface area contributed by atoms with E-state index in [-0.39, 0.29) is 17.1 Å². The summed E-state index contributed by atoms with van der Waals surface area (Å²) < 4.78 is 0. The van der Waals surface area contributed by atoms with Crippen LogP contribution in [0.25, 0.3) is 0 Å². The lowest BCUT2D eigenvalue weighted by atomic mass is 9.86. The molecule has 0 unspecified atom stereocenters. The summed E-state index contributed by atoms with van der Waals surface area (Å²) >= 11 is 5.89. The van der Waals surface area contributed by atoms with E-state index >= 15 is 0 Å². The Balaban J connectivity index is 3.02. The predicted molar refractivity (Wildman–Crippen MR) is 63.2 cm³/mol. The molecule has 0 radical (unpaired) electrons. The molecule has 5 nitrogen and oxygen atoms in total. The Morgan fingerprint density at radius 2 is 2.12 bits per heavy atom. The van der Waals surface area contributed by atoms with Crippen molar-refractivity contribution >= 4 is 23.3 Å². The number of carbonyl (C=O) groups is 1. The van der Waals surface area contributed by atoms with Crippen LogP contribution < -0.4 is 0 Å². The highest BCUT2D eigenvalue weighted by Gasteiger charge is 2.28. The quantitative estimate of drug-likeness (QED) is 0.664. The lowest BCUT2D eigenvalue weighted by Gasteiger charge is -2.19. The zero-order valence-electron chi connectivity index (χ0n) is 9.44. The first-order valence-electron chi connectivity index (χ1n) is 4.90. The highest BCUT2D eigenvalue weighted by atomic mass is 35.5. The van der Waals surface area contributed by atoms with Gasteiger partial charge in [-0.3, -0.25) is 14.9 Å². The maximum absolute atomic E-state index is 11.0. The van der Waals surface area contributed by atoms with Crippen molar-refractivity contribution in [3.63, 3.8) is 0 Å². The summed E-state index contributed by atoms with van der Waals surface area (Å²) in [7, 11) is 0. The molecule has 0 saturated heterocycles. The van der Waals surface area contributed by atoms with Crippen LogP contribution in [0.4, 0.5) is 5.69 Å². The maximum atomic E-state index is 11.0. The predicted octanol–water partition coefficient (Wildman–Crippen LogP) is 2.90. The van der Waals surface area contributed by atoms with E-state index in [4.69, 9.17) is 16.7 Å². The van der Waals surface area contributed by atoms with Gasteiger partial charge in [0.15, 0.2) is 0 Å². The van der Waals surface area contributed by atoms with E-state index in [1.165, 1.54) is 18.2 Å². The summed E-state index contributed by atoms with van der Waals surface area (Å²) in [5.74, 6) is -0.938. The number of benzene rings is 1. The van der Waals surface area contributed by atoms with Crippen LogP contribution in [0.1, 0.15) is 19.4 Å². The number of carboxylic acid groups (broad SMARTS) is 1. The van der Waals surface area contributed by atoms with Crippen molar-refractivity contribution in [1.82, 2.24) is 0 Å². The number of aliphatic carboxylic acids is 1. The van der Waals surface area contributed by atoms with Crippen molar-refractivity contribution in [2.24, 2.45) is 5.41 Å². The normalized spacial score (nSPS) is 11.2. The highest BCUT2D eigenvalue weighted by molar-refractivity contribution is 6.31. The molecular formula is C11H12ClNO4. The van der Waals surface area contributed by atoms with E-state index in [1.54, 1.807) is 13.8 Å². The fraction of sp³-hybridized carbons (Fsp3) is 0.364. The Morgan fingerprint density at radius 1 is 1.53 bits per heavy atom. The molecule has 0 bridgehead atoms. The standard InChI is InChI=1S/C11H12ClNO4/c1-11(2,10(14)15)6-7-3-4-8(13(16)17)5-9(7)12/h3-5H,6H2,1-2H3,(H,14,15). The fourth-order valence-corrected chi connectivity index (χ4v) is 1.59. The van der Waals surface area contributed by atoms with Gasteiger partial charge in [0.2, 0.25) is 0 Å². The van der Waals surface area contributed by atoms with Gasteiger partial charge in [-0.2, -0.15) is 0 Å². The minimum absolute atomic E-state index is 0.105. The number of carboxylic acids is 1. The first kappa shape index (κ1) is 13.4. The molecule has 1 aromatic carbocycles. The summed E-state index contributed by atoms with van der Waals surface area (Å²) in [6, 6.07) is 4.04. The van der Waals surface area contributed by atoms with Gasteiger partial charge < -0.3 is 5.11 Å². The zero-order valence-corrected chi connectivity index (χ0v) is 10.2. The Morgan fingerprint density at radius 3 is 2.53 bits per heavy atom. The Hall–Kier alpha value is -1.62. The Kier molecular flexibility index (Phi) is 3.72. The third-order valence-electron chi connectivity index (χ3n) is 2.46. The second-order valence-corrected chi connectivity index (χ2v) is 4.81. The molecule has 0 saturated carbocycles. The van der Waals surface area contributed by atoms with Gasteiger partial charge in [0.25, 0.3) is 5.69 Å². The second-order valence-electron chi connectivity index (χ2n) is 4.40. The zero-order chi connectivity index (χ0) is 13.2. The van der Waals surface area contributed by atoms with E-state index in [0.29, 0.717) is 5.56 Å². The van der Waals surface area contributed by atoms with Gasteiger partial charge in [-0.05, 0) is 25.8 Å². The van der Waals surface area contributed by atoms with Crippen molar-refractivity contribution in [3.05, 3.63) is 38.9 Å².